The maximum absolute atomic E-state index is 9.80. The third kappa shape index (κ3) is 4.29. The van der Waals surface area contributed by atoms with Gasteiger partial charge in [0.05, 0.1) is 47.6 Å². The van der Waals surface area contributed by atoms with Gasteiger partial charge in [0.1, 0.15) is 11.5 Å². The number of pyridine rings is 1. The number of aliphatic hydroxyl groups excluding tert-OH is 1. The third-order valence-corrected chi connectivity index (χ3v) is 5.88. The molecule has 0 bridgehead atoms. The number of nitrogen functional groups attached to an aromatic ring is 1. The van der Waals surface area contributed by atoms with Crippen molar-refractivity contribution in [3.63, 3.8) is 0 Å². The van der Waals surface area contributed by atoms with Gasteiger partial charge in [-0.05, 0) is 43.2 Å². The highest BCUT2D eigenvalue weighted by Gasteiger charge is 2.21. The summed E-state index contributed by atoms with van der Waals surface area (Å²) in [5.74, 6) is 0.962. The maximum atomic E-state index is 9.80. The topological polar surface area (TPSA) is 143 Å². The third-order valence-electron chi connectivity index (χ3n) is 5.88. The summed E-state index contributed by atoms with van der Waals surface area (Å²) in [6.45, 7) is 3.71. The largest absolute Gasteiger partial charge is 0.391 e. The Morgan fingerprint density at radius 2 is 1.94 bits per heavy atom. The van der Waals surface area contributed by atoms with Crippen molar-refractivity contribution >= 4 is 11.8 Å². The molecule has 3 N–H and O–H groups in total. The second kappa shape index (κ2) is 8.88. The van der Waals surface area contributed by atoms with Crippen LogP contribution in [0.5, 0.6) is 0 Å². The van der Waals surface area contributed by atoms with Crippen LogP contribution in [-0.2, 0) is 6.54 Å². The Morgan fingerprint density at radius 3 is 2.74 bits per heavy atom. The number of β-amino-alcohol motifs (C(OH)–C–C–N with tert-alkyl or cyclic N) is 1. The number of benzene rings is 1. The summed E-state index contributed by atoms with van der Waals surface area (Å²) in [7, 11) is 0. The van der Waals surface area contributed by atoms with Crippen LogP contribution in [0.1, 0.15) is 23.2 Å². The van der Waals surface area contributed by atoms with Crippen molar-refractivity contribution in [2.75, 3.05) is 23.7 Å². The number of anilines is 2. The van der Waals surface area contributed by atoms with E-state index in [0.29, 0.717) is 35.7 Å². The lowest BCUT2D eigenvalue weighted by molar-refractivity contribution is 0.198. The fourth-order valence-electron chi connectivity index (χ4n) is 4.11. The fourth-order valence-corrected chi connectivity index (χ4v) is 4.11. The minimum absolute atomic E-state index is 0.117. The zero-order valence-corrected chi connectivity index (χ0v) is 18.6. The van der Waals surface area contributed by atoms with Gasteiger partial charge in [-0.2, -0.15) is 5.26 Å². The first-order valence-corrected chi connectivity index (χ1v) is 10.9. The van der Waals surface area contributed by atoms with Gasteiger partial charge >= 0.3 is 0 Å². The molecular weight excluding hydrogens is 430 g/mol. The number of aliphatic hydroxyl groups is 1. The highest BCUT2D eigenvalue weighted by atomic mass is 16.3. The van der Waals surface area contributed by atoms with Crippen LogP contribution in [0.15, 0.2) is 48.7 Å². The van der Waals surface area contributed by atoms with Crippen LogP contribution in [0.25, 0.3) is 22.6 Å². The SMILES string of the molecule is Cc1c(C#N)cccc1-c1cc(-c2cn(Cc3cccc(N4CC[C@H](O)C4)n3)nn2)nc(N)n1. The maximum Gasteiger partial charge on any atom is 0.221 e. The Morgan fingerprint density at radius 1 is 1.12 bits per heavy atom. The van der Waals surface area contributed by atoms with Crippen molar-refractivity contribution in [3.05, 3.63) is 65.5 Å². The number of nitrogens with zero attached hydrogens (tertiary/aromatic N) is 8. The summed E-state index contributed by atoms with van der Waals surface area (Å²) in [5, 5.41) is 27.6. The molecule has 3 aromatic heterocycles. The number of nitriles is 1. The van der Waals surface area contributed by atoms with Crippen molar-refractivity contribution in [2.45, 2.75) is 26.0 Å². The molecule has 4 aromatic rings. The predicted octanol–water partition coefficient (Wildman–Crippen LogP) is 2.18. The lowest BCUT2D eigenvalue weighted by Crippen LogP contribution is -2.22. The molecule has 0 radical (unpaired) electrons. The zero-order valence-electron chi connectivity index (χ0n) is 18.6. The number of rotatable bonds is 5. The van der Waals surface area contributed by atoms with Crippen LogP contribution < -0.4 is 10.6 Å². The molecule has 1 aromatic carbocycles. The highest BCUT2D eigenvalue weighted by molar-refractivity contribution is 5.71. The highest BCUT2D eigenvalue weighted by Crippen LogP contribution is 2.27. The Bertz CT molecular complexity index is 1390. The molecule has 0 amide bonds. The molecule has 1 saturated heterocycles. The van der Waals surface area contributed by atoms with Gasteiger partial charge in [0.2, 0.25) is 5.95 Å². The zero-order chi connectivity index (χ0) is 23.7. The second-order valence-electron chi connectivity index (χ2n) is 8.26. The second-order valence-corrected chi connectivity index (χ2v) is 8.26. The molecule has 170 valence electrons. The molecular formula is C24H23N9O. The van der Waals surface area contributed by atoms with E-state index in [9.17, 15) is 10.4 Å². The first-order chi connectivity index (χ1) is 16.5. The van der Waals surface area contributed by atoms with Crippen LogP contribution >= 0.6 is 0 Å². The lowest BCUT2D eigenvalue weighted by atomic mass is 10.00. The molecule has 1 aliphatic rings. The number of hydrogen-bond acceptors (Lipinski definition) is 9. The molecule has 10 nitrogen and oxygen atoms in total. The number of hydrogen-bond donors (Lipinski definition) is 2. The standard InChI is InChI=1S/C24H23N9O/c1-15-16(11-25)4-2-6-19(15)20-10-21(29-24(26)28-20)22-14-33(31-30-22)12-17-5-3-7-23(27-17)32-9-8-18(34)13-32/h2-7,10,14,18,34H,8-9,12-13H2,1H3,(H2,26,28,29)/t18-/m0/s1. The minimum atomic E-state index is -0.306. The predicted molar refractivity (Wildman–Crippen MR) is 127 cm³/mol. The van der Waals surface area contributed by atoms with E-state index < -0.39 is 0 Å². The van der Waals surface area contributed by atoms with Gasteiger partial charge < -0.3 is 15.7 Å². The molecule has 0 unspecified atom stereocenters. The van der Waals surface area contributed by atoms with E-state index in [4.69, 9.17) is 10.7 Å². The molecule has 34 heavy (non-hydrogen) atoms. The van der Waals surface area contributed by atoms with E-state index in [-0.39, 0.29) is 12.1 Å². The molecule has 1 atom stereocenters. The van der Waals surface area contributed by atoms with Crippen molar-refractivity contribution < 1.29 is 5.11 Å². The van der Waals surface area contributed by atoms with Crippen LogP contribution in [-0.4, -0.2) is 54.2 Å². The van der Waals surface area contributed by atoms with Gasteiger partial charge in [0.15, 0.2) is 0 Å². The van der Waals surface area contributed by atoms with Crippen molar-refractivity contribution in [3.8, 4) is 28.7 Å². The Balaban J connectivity index is 1.40. The molecule has 4 heterocycles. The van der Waals surface area contributed by atoms with Gasteiger partial charge in [-0.15, -0.1) is 5.10 Å². The van der Waals surface area contributed by atoms with Crippen molar-refractivity contribution in [1.82, 2.24) is 29.9 Å². The summed E-state index contributed by atoms with van der Waals surface area (Å²) in [5.41, 5.74) is 10.8. The summed E-state index contributed by atoms with van der Waals surface area (Å²) < 4.78 is 1.69. The monoisotopic (exact) mass is 453 g/mol. The van der Waals surface area contributed by atoms with Crippen molar-refractivity contribution in [1.29, 1.82) is 5.26 Å². The van der Waals surface area contributed by atoms with Gasteiger partial charge in [-0.1, -0.05) is 23.4 Å². The summed E-state index contributed by atoms with van der Waals surface area (Å²) >= 11 is 0. The van der Waals surface area contributed by atoms with E-state index in [1.807, 2.05) is 37.3 Å². The Kier molecular flexibility index (Phi) is 5.61. The van der Waals surface area contributed by atoms with Crippen molar-refractivity contribution in [2.24, 2.45) is 0 Å². The molecule has 0 spiro atoms. The van der Waals surface area contributed by atoms with Gasteiger partial charge in [0.25, 0.3) is 0 Å². The lowest BCUT2D eigenvalue weighted by Gasteiger charge is -2.17. The normalized spacial score (nSPS) is 15.4. The average Bonchev–Trinajstić information content (AvgIpc) is 3.48. The molecule has 10 heteroatoms. The minimum Gasteiger partial charge on any atom is -0.391 e. The molecule has 0 aliphatic carbocycles. The summed E-state index contributed by atoms with van der Waals surface area (Å²) in [6.07, 6.45) is 2.24. The number of nitrogens with two attached hydrogens (primary N) is 1. The van der Waals surface area contributed by atoms with E-state index >= 15 is 0 Å². The van der Waals surface area contributed by atoms with Gasteiger partial charge in [0, 0.05) is 18.7 Å². The summed E-state index contributed by atoms with van der Waals surface area (Å²) in [6, 6.07) is 15.3. The molecule has 0 saturated carbocycles. The quantitative estimate of drug-likeness (QED) is 0.465. The summed E-state index contributed by atoms with van der Waals surface area (Å²) in [4.78, 5) is 15.5. The number of aromatic nitrogens is 6. The first-order valence-electron chi connectivity index (χ1n) is 10.9. The van der Waals surface area contributed by atoms with Gasteiger partial charge in [-0.3, -0.25) is 0 Å². The van der Waals surface area contributed by atoms with Crippen LogP contribution in [0.2, 0.25) is 0 Å². The molecule has 1 fully saturated rings. The Hall–Kier alpha value is -4.36. The smallest absolute Gasteiger partial charge is 0.221 e. The Labute approximate surface area is 196 Å². The molecule has 5 rings (SSSR count). The van der Waals surface area contributed by atoms with Crippen LogP contribution in [0.4, 0.5) is 11.8 Å². The van der Waals surface area contributed by atoms with E-state index in [1.54, 1.807) is 23.0 Å². The van der Waals surface area contributed by atoms with Gasteiger partial charge in [-0.25, -0.2) is 19.6 Å². The van der Waals surface area contributed by atoms with Crippen LogP contribution in [0.3, 0.4) is 0 Å². The van der Waals surface area contributed by atoms with E-state index in [0.717, 1.165) is 35.6 Å². The van der Waals surface area contributed by atoms with E-state index in [2.05, 4.69) is 31.2 Å². The van der Waals surface area contributed by atoms with E-state index in [1.165, 1.54) is 0 Å². The van der Waals surface area contributed by atoms with Crippen LogP contribution in [0, 0.1) is 18.3 Å². The molecule has 1 aliphatic heterocycles. The first kappa shape index (κ1) is 21.5. The fraction of sp³-hybridized carbons (Fsp3) is 0.250. The average molecular weight is 454 g/mol.